The molecule has 0 spiro atoms. The van der Waals surface area contributed by atoms with Crippen LogP contribution in [0.5, 0.6) is 0 Å². The molecular formula is C18H27NO3. The topological polar surface area (TPSA) is 38.8 Å². The standard InChI is InChI=1S/C18H27NO3/c1-4-19(5-2)12-10-14(3)22-18(20)17-16-9-7-6-8-15(16)11-13-21-17/h6-9,14,17H,4-5,10-13H2,1-3H3/t14-,17-/m1/s1. The second-order valence-corrected chi connectivity index (χ2v) is 5.76. The molecule has 122 valence electrons. The number of fused-ring (bicyclic) bond motifs is 1. The zero-order chi connectivity index (χ0) is 15.9. The molecule has 1 heterocycles. The van der Waals surface area contributed by atoms with E-state index in [9.17, 15) is 4.79 Å². The molecule has 4 heteroatoms. The maximum absolute atomic E-state index is 12.4. The van der Waals surface area contributed by atoms with E-state index in [1.165, 1.54) is 5.56 Å². The van der Waals surface area contributed by atoms with Crippen molar-refractivity contribution in [2.75, 3.05) is 26.2 Å². The summed E-state index contributed by atoms with van der Waals surface area (Å²) in [7, 11) is 0. The van der Waals surface area contributed by atoms with E-state index in [4.69, 9.17) is 9.47 Å². The van der Waals surface area contributed by atoms with Crippen molar-refractivity contribution in [3.05, 3.63) is 35.4 Å². The number of hydrogen-bond acceptors (Lipinski definition) is 4. The molecule has 0 fully saturated rings. The Labute approximate surface area is 133 Å². The van der Waals surface area contributed by atoms with Gasteiger partial charge >= 0.3 is 5.97 Å². The largest absolute Gasteiger partial charge is 0.460 e. The van der Waals surface area contributed by atoms with Crippen LogP contribution in [-0.4, -0.2) is 43.2 Å². The maximum atomic E-state index is 12.4. The van der Waals surface area contributed by atoms with Gasteiger partial charge < -0.3 is 14.4 Å². The highest BCUT2D eigenvalue weighted by Gasteiger charge is 2.29. The lowest BCUT2D eigenvalue weighted by molar-refractivity contribution is -0.163. The highest BCUT2D eigenvalue weighted by atomic mass is 16.6. The summed E-state index contributed by atoms with van der Waals surface area (Å²) in [6, 6.07) is 7.96. The fraction of sp³-hybridized carbons (Fsp3) is 0.611. The molecule has 0 unspecified atom stereocenters. The zero-order valence-corrected chi connectivity index (χ0v) is 13.9. The van der Waals surface area contributed by atoms with E-state index in [1.54, 1.807) is 0 Å². The van der Waals surface area contributed by atoms with E-state index in [1.807, 2.05) is 25.1 Å². The second kappa shape index (κ2) is 8.30. The Morgan fingerprint density at radius 2 is 2.09 bits per heavy atom. The van der Waals surface area contributed by atoms with E-state index >= 15 is 0 Å². The van der Waals surface area contributed by atoms with Gasteiger partial charge in [-0.1, -0.05) is 38.1 Å². The average Bonchev–Trinajstić information content (AvgIpc) is 2.55. The first-order chi connectivity index (χ1) is 10.7. The molecule has 2 rings (SSSR count). The number of nitrogens with zero attached hydrogens (tertiary/aromatic N) is 1. The van der Waals surface area contributed by atoms with E-state index in [0.29, 0.717) is 6.61 Å². The second-order valence-electron chi connectivity index (χ2n) is 5.76. The molecule has 1 aromatic rings. The van der Waals surface area contributed by atoms with Crippen LogP contribution in [0.15, 0.2) is 24.3 Å². The van der Waals surface area contributed by atoms with Crippen molar-refractivity contribution in [3.63, 3.8) is 0 Å². The summed E-state index contributed by atoms with van der Waals surface area (Å²) in [4.78, 5) is 14.7. The van der Waals surface area contributed by atoms with Crippen molar-refractivity contribution in [2.45, 2.75) is 45.8 Å². The van der Waals surface area contributed by atoms with Gasteiger partial charge in [0.2, 0.25) is 0 Å². The fourth-order valence-electron chi connectivity index (χ4n) is 2.81. The lowest BCUT2D eigenvalue weighted by Crippen LogP contribution is -2.30. The molecule has 0 radical (unpaired) electrons. The lowest BCUT2D eigenvalue weighted by atomic mass is 9.98. The van der Waals surface area contributed by atoms with E-state index < -0.39 is 6.10 Å². The van der Waals surface area contributed by atoms with Crippen molar-refractivity contribution in [2.24, 2.45) is 0 Å². The van der Waals surface area contributed by atoms with E-state index in [2.05, 4.69) is 24.8 Å². The Balaban J connectivity index is 1.90. The minimum absolute atomic E-state index is 0.0919. The molecule has 0 saturated heterocycles. The predicted molar refractivity (Wildman–Crippen MR) is 86.8 cm³/mol. The average molecular weight is 305 g/mol. The summed E-state index contributed by atoms with van der Waals surface area (Å²) in [5.41, 5.74) is 2.14. The fourth-order valence-corrected chi connectivity index (χ4v) is 2.81. The molecule has 0 saturated carbocycles. The highest BCUT2D eigenvalue weighted by Crippen LogP contribution is 2.28. The van der Waals surface area contributed by atoms with Gasteiger partial charge in [0.15, 0.2) is 6.10 Å². The van der Waals surface area contributed by atoms with Crippen molar-refractivity contribution in [1.82, 2.24) is 4.90 Å². The number of hydrogen-bond donors (Lipinski definition) is 0. The molecule has 22 heavy (non-hydrogen) atoms. The van der Waals surface area contributed by atoms with Gasteiger partial charge in [-0.2, -0.15) is 0 Å². The number of esters is 1. The molecule has 1 aromatic carbocycles. The number of benzene rings is 1. The van der Waals surface area contributed by atoms with Crippen molar-refractivity contribution in [1.29, 1.82) is 0 Å². The van der Waals surface area contributed by atoms with Crippen LogP contribution in [0.25, 0.3) is 0 Å². The quantitative estimate of drug-likeness (QED) is 0.726. The molecule has 0 amide bonds. The van der Waals surface area contributed by atoms with E-state index in [0.717, 1.165) is 38.0 Å². The van der Waals surface area contributed by atoms with Gasteiger partial charge in [0.1, 0.15) is 6.10 Å². The minimum atomic E-state index is -0.569. The molecule has 0 aromatic heterocycles. The Kier molecular flexibility index (Phi) is 6.40. The smallest absolute Gasteiger partial charge is 0.340 e. The lowest BCUT2D eigenvalue weighted by Gasteiger charge is -2.26. The third-order valence-corrected chi connectivity index (χ3v) is 4.27. The van der Waals surface area contributed by atoms with Crippen LogP contribution in [0.3, 0.4) is 0 Å². The Morgan fingerprint density at radius 3 is 2.82 bits per heavy atom. The molecule has 0 N–H and O–H groups in total. The van der Waals surface area contributed by atoms with Crippen molar-refractivity contribution < 1.29 is 14.3 Å². The molecule has 1 aliphatic heterocycles. The first kappa shape index (κ1) is 17.0. The van der Waals surface area contributed by atoms with Crippen molar-refractivity contribution in [3.8, 4) is 0 Å². The van der Waals surface area contributed by atoms with Crippen LogP contribution in [0.2, 0.25) is 0 Å². The molecule has 0 bridgehead atoms. The highest BCUT2D eigenvalue weighted by molar-refractivity contribution is 5.77. The molecule has 1 aliphatic rings. The van der Waals surface area contributed by atoms with Gasteiger partial charge in [-0.05, 0) is 44.0 Å². The Bertz CT molecular complexity index is 485. The van der Waals surface area contributed by atoms with Gasteiger partial charge in [-0.15, -0.1) is 0 Å². The summed E-state index contributed by atoms with van der Waals surface area (Å²) < 4.78 is 11.2. The van der Waals surface area contributed by atoms with E-state index in [-0.39, 0.29) is 12.1 Å². The Morgan fingerprint density at radius 1 is 1.36 bits per heavy atom. The third-order valence-electron chi connectivity index (χ3n) is 4.27. The summed E-state index contributed by atoms with van der Waals surface area (Å²) >= 11 is 0. The predicted octanol–water partition coefficient (Wildman–Crippen LogP) is 2.96. The Hall–Kier alpha value is -1.39. The molecule has 4 nitrogen and oxygen atoms in total. The number of carbonyl (C=O) groups excluding carboxylic acids is 1. The first-order valence-electron chi connectivity index (χ1n) is 8.28. The van der Waals surface area contributed by atoms with Gasteiger partial charge in [-0.3, -0.25) is 0 Å². The van der Waals surface area contributed by atoms with Gasteiger partial charge in [0.05, 0.1) is 6.61 Å². The van der Waals surface area contributed by atoms with Gasteiger partial charge in [-0.25, -0.2) is 4.79 Å². The molecular weight excluding hydrogens is 278 g/mol. The monoisotopic (exact) mass is 305 g/mol. The van der Waals surface area contributed by atoms with Crippen molar-refractivity contribution >= 4 is 5.97 Å². The van der Waals surface area contributed by atoms with Crippen LogP contribution in [0.4, 0.5) is 0 Å². The van der Waals surface area contributed by atoms with Crippen LogP contribution in [0, 0.1) is 0 Å². The summed E-state index contributed by atoms with van der Waals surface area (Å²) in [6.45, 7) is 9.82. The summed E-state index contributed by atoms with van der Waals surface area (Å²) in [5, 5.41) is 0. The van der Waals surface area contributed by atoms with Gasteiger partial charge in [0, 0.05) is 6.54 Å². The first-order valence-corrected chi connectivity index (χ1v) is 8.28. The third kappa shape index (κ3) is 4.31. The van der Waals surface area contributed by atoms with Crippen LogP contribution < -0.4 is 0 Å². The van der Waals surface area contributed by atoms with Crippen LogP contribution in [-0.2, 0) is 20.7 Å². The van der Waals surface area contributed by atoms with Crippen LogP contribution >= 0.6 is 0 Å². The summed E-state index contributed by atoms with van der Waals surface area (Å²) in [5.74, 6) is -0.265. The number of carbonyl (C=O) groups is 1. The number of ether oxygens (including phenoxy) is 2. The zero-order valence-electron chi connectivity index (χ0n) is 13.9. The van der Waals surface area contributed by atoms with Crippen LogP contribution in [0.1, 0.15) is 44.4 Å². The van der Waals surface area contributed by atoms with Gasteiger partial charge in [0.25, 0.3) is 0 Å². The molecule has 2 atom stereocenters. The number of rotatable bonds is 7. The maximum Gasteiger partial charge on any atom is 0.340 e. The molecule has 0 aliphatic carbocycles. The normalized spacial score (nSPS) is 18.8. The minimum Gasteiger partial charge on any atom is -0.460 e. The summed E-state index contributed by atoms with van der Waals surface area (Å²) in [6.07, 6.45) is 1.05. The SMILES string of the molecule is CCN(CC)CC[C@@H](C)OC(=O)[C@@H]1OCCc2ccccc21.